The van der Waals surface area contributed by atoms with E-state index in [9.17, 15) is 0 Å². The minimum Gasteiger partial charge on any atom is -0.397 e. The van der Waals surface area contributed by atoms with Crippen LogP contribution in [-0.4, -0.2) is 11.5 Å². The number of halogens is 1. The Labute approximate surface area is 82.3 Å². The van der Waals surface area contributed by atoms with Gasteiger partial charge in [-0.15, -0.1) is 0 Å². The van der Waals surface area contributed by atoms with E-state index in [0.717, 1.165) is 18.5 Å². The molecule has 2 rings (SSSR count). The maximum Gasteiger partial charge on any atom is 0.133 e. The van der Waals surface area contributed by atoms with E-state index in [1.54, 1.807) is 6.20 Å². The molecule has 3 N–H and O–H groups in total. The molecule has 1 aliphatic heterocycles. The van der Waals surface area contributed by atoms with Crippen molar-refractivity contribution in [2.45, 2.75) is 18.9 Å². The van der Waals surface area contributed by atoms with E-state index < -0.39 is 0 Å². The van der Waals surface area contributed by atoms with Gasteiger partial charge in [0.1, 0.15) is 5.15 Å². The summed E-state index contributed by atoms with van der Waals surface area (Å²) in [6, 6.07) is 2.24. The normalized spacial score (nSPS) is 22.1. The van der Waals surface area contributed by atoms with Gasteiger partial charge in [0.25, 0.3) is 0 Å². The van der Waals surface area contributed by atoms with E-state index in [1.807, 2.05) is 6.07 Å². The van der Waals surface area contributed by atoms with Crippen LogP contribution in [0, 0.1) is 0 Å². The second-order valence-electron chi connectivity index (χ2n) is 3.30. The Balaban J connectivity index is 2.32. The van der Waals surface area contributed by atoms with Gasteiger partial charge < -0.3 is 11.1 Å². The molecule has 1 atom stereocenters. The molecule has 1 aromatic heterocycles. The summed E-state index contributed by atoms with van der Waals surface area (Å²) in [6.45, 7) is 1.05. The zero-order valence-electron chi connectivity index (χ0n) is 7.26. The second kappa shape index (κ2) is 3.52. The minimum atomic E-state index is 0.337. The summed E-state index contributed by atoms with van der Waals surface area (Å²) in [5.74, 6) is 0. The van der Waals surface area contributed by atoms with Gasteiger partial charge in [-0.05, 0) is 25.5 Å². The predicted molar refractivity (Wildman–Crippen MR) is 53.6 cm³/mol. The second-order valence-corrected chi connectivity index (χ2v) is 3.66. The third-order valence-electron chi connectivity index (χ3n) is 2.32. The molecule has 4 heteroatoms. The molecule has 70 valence electrons. The summed E-state index contributed by atoms with van der Waals surface area (Å²) in [6.07, 6.45) is 3.89. The van der Waals surface area contributed by atoms with Crippen molar-refractivity contribution in [3.63, 3.8) is 0 Å². The van der Waals surface area contributed by atoms with Crippen molar-refractivity contribution in [3.05, 3.63) is 23.0 Å². The van der Waals surface area contributed by atoms with Gasteiger partial charge >= 0.3 is 0 Å². The standard InChI is InChI=1S/C9H12ClN3/c10-9-7(4-6(11)5-13-9)8-2-1-3-12-8/h4-5,8,12H,1-3,11H2. The molecule has 0 spiro atoms. The fourth-order valence-electron chi connectivity index (χ4n) is 1.68. The van der Waals surface area contributed by atoms with Crippen LogP contribution in [0.4, 0.5) is 5.69 Å². The van der Waals surface area contributed by atoms with Crippen LogP contribution in [0.1, 0.15) is 24.4 Å². The van der Waals surface area contributed by atoms with Crippen LogP contribution < -0.4 is 11.1 Å². The lowest BCUT2D eigenvalue weighted by atomic mass is 10.1. The first kappa shape index (κ1) is 8.78. The molecule has 1 aliphatic rings. The molecular weight excluding hydrogens is 186 g/mol. The van der Waals surface area contributed by atoms with Gasteiger partial charge in [-0.3, -0.25) is 0 Å². The van der Waals surface area contributed by atoms with E-state index in [-0.39, 0.29) is 0 Å². The van der Waals surface area contributed by atoms with Crippen LogP contribution in [-0.2, 0) is 0 Å². The zero-order chi connectivity index (χ0) is 9.26. The average Bonchev–Trinajstić information content (AvgIpc) is 2.61. The SMILES string of the molecule is Nc1cnc(Cl)c(C2CCCN2)c1. The van der Waals surface area contributed by atoms with Gasteiger partial charge in [-0.1, -0.05) is 11.6 Å². The summed E-state index contributed by atoms with van der Waals surface area (Å²) in [4.78, 5) is 4.02. The lowest BCUT2D eigenvalue weighted by Gasteiger charge is -2.11. The molecule has 0 bridgehead atoms. The van der Waals surface area contributed by atoms with Crippen LogP contribution in [0.3, 0.4) is 0 Å². The molecule has 1 saturated heterocycles. The monoisotopic (exact) mass is 197 g/mol. The van der Waals surface area contributed by atoms with Gasteiger partial charge in [-0.2, -0.15) is 0 Å². The van der Waals surface area contributed by atoms with Gasteiger partial charge in [0.15, 0.2) is 0 Å². The summed E-state index contributed by atoms with van der Waals surface area (Å²) < 4.78 is 0. The number of hydrogen-bond donors (Lipinski definition) is 2. The Morgan fingerprint density at radius 1 is 1.62 bits per heavy atom. The fraction of sp³-hybridized carbons (Fsp3) is 0.444. The fourth-order valence-corrected chi connectivity index (χ4v) is 1.91. The molecular formula is C9H12ClN3. The highest BCUT2D eigenvalue weighted by molar-refractivity contribution is 6.30. The van der Waals surface area contributed by atoms with Crippen molar-refractivity contribution < 1.29 is 0 Å². The molecule has 13 heavy (non-hydrogen) atoms. The number of nitrogens with two attached hydrogens (primary N) is 1. The van der Waals surface area contributed by atoms with Crippen LogP contribution in [0.15, 0.2) is 12.3 Å². The molecule has 0 aliphatic carbocycles. The van der Waals surface area contributed by atoms with Crippen molar-refractivity contribution in [2.75, 3.05) is 12.3 Å². The summed E-state index contributed by atoms with van der Waals surface area (Å²) in [5.41, 5.74) is 7.35. The maximum absolute atomic E-state index is 5.97. The number of aromatic nitrogens is 1. The average molecular weight is 198 g/mol. The molecule has 1 unspecified atom stereocenters. The number of hydrogen-bond acceptors (Lipinski definition) is 3. The smallest absolute Gasteiger partial charge is 0.133 e. The zero-order valence-corrected chi connectivity index (χ0v) is 8.01. The largest absolute Gasteiger partial charge is 0.397 e. The number of rotatable bonds is 1. The predicted octanol–water partition coefficient (Wildman–Crippen LogP) is 1.74. The summed E-state index contributed by atoms with van der Waals surface area (Å²) >= 11 is 5.97. The summed E-state index contributed by atoms with van der Waals surface area (Å²) in [5, 5.41) is 3.92. The maximum atomic E-state index is 5.97. The molecule has 0 amide bonds. The van der Waals surface area contributed by atoms with Crippen molar-refractivity contribution in [3.8, 4) is 0 Å². The Morgan fingerprint density at radius 2 is 2.46 bits per heavy atom. The molecule has 1 fully saturated rings. The topological polar surface area (TPSA) is 50.9 Å². The lowest BCUT2D eigenvalue weighted by Crippen LogP contribution is -2.13. The first-order valence-corrected chi connectivity index (χ1v) is 4.79. The van der Waals surface area contributed by atoms with Crippen LogP contribution in [0.2, 0.25) is 5.15 Å². The Morgan fingerprint density at radius 3 is 3.15 bits per heavy atom. The highest BCUT2D eigenvalue weighted by Crippen LogP contribution is 2.28. The van der Waals surface area contributed by atoms with Gasteiger partial charge in [0.05, 0.1) is 11.9 Å². The highest BCUT2D eigenvalue weighted by atomic mass is 35.5. The molecule has 1 aromatic rings. The van der Waals surface area contributed by atoms with E-state index >= 15 is 0 Å². The van der Waals surface area contributed by atoms with Gasteiger partial charge in [-0.25, -0.2) is 4.98 Å². The summed E-state index contributed by atoms with van der Waals surface area (Å²) in [7, 11) is 0. The quantitative estimate of drug-likeness (QED) is 0.675. The minimum absolute atomic E-state index is 0.337. The molecule has 2 heterocycles. The highest BCUT2D eigenvalue weighted by Gasteiger charge is 2.19. The van der Waals surface area contributed by atoms with E-state index in [1.165, 1.54) is 6.42 Å². The molecule has 3 nitrogen and oxygen atoms in total. The Bertz CT molecular complexity index is 308. The van der Waals surface area contributed by atoms with Crippen LogP contribution in [0.5, 0.6) is 0 Å². The Kier molecular flexibility index (Phi) is 2.38. The molecule has 0 aromatic carbocycles. The third kappa shape index (κ3) is 1.76. The van der Waals surface area contributed by atoms with Crippen LogP contribution in [0.25, 0.3) is 0 Å². The number of nitrogens with zero attached hydrogens (tertiary/aromatic N) is 1. The van der Waals surface area contributed by atoms with E-state index in [4.69, 9.17) is 17.3 Å². The first-order chi connectivity index (χ1) is 6.27. The van der Waals surface area contributed by atoms with Crippen molar-refractivity contribution in [1.82, 2.24) is 10.3 Å². The third-order valence-corrected chi connectivity index (χ3v) is 2.64. The Hall–Kier alpha value is -0.800. The van der Waals surface area contributed by atoms with Crippen LogP contribution >= 0.6 is 11.6 Å². The molecule has 0 saturated carbocycles. The van der Waals surface area contributed by atoms with E-state index in [2.05, 4.69) is 10.3 Å². The molecule has 0 radical (unpaired) electrons. The van der Waals surface area contributed by atoms with Crippen molar-refractivity contribution in [1.29, 1.82) is 0 Å². The number of nitrogens with one attached hydrogen (secondary N) is 1. The number of anilines is 1. The van der Waals surface area contributed by atoms with Gasteiger partial charge in [0.2, 0.25) is 0 Å². The van der Waals surface area contributed by atoms with Gasteiger partial charge in [0, 0.05) is 11.6 Å². The van der Waals surface area contributed by atoms with E-state index in [0.29, 0.717) is 16.9 Å². The number of nitrogen functional groups attached to an aromatic ring is 1. The number of pyridine rings is 1. The van der Waals surface area contributed by atoms with Crippen molar-refractivity contribution >= 4 is 17.3 Å². The van der Waals surface area contributed by atoms with Crippen molar-refractivity contribution in [2.24, 2.45) is 0 Å². The lowest BCUT2D eigenvalue weighted by molar-refractivity contribution is 0.645. The first-order valence-electron chi connectivity index (χ1n) is 4.41.